The van der Waals surface area contributed by atoms with Crippen molar-refractivity contribution >= 4 is 13.9 Å². The molecule has 2 rings (SSSR count). The highest BCUT2D eigenvalue weighted by atomic mass is 31.1. The van der Waals surface area contributed by atoms with Crippen molar-refractivity contribution in [2.24, 2.45) is 0 Å². The Kier molecular flexibility index (Phi) is 3.53. The third-order valence-electron chi connectivity index (χ3n) is 2.47. The van der Waals surface area contributed by atoms with E-state index in [1.54, 1.807) is 0 Å². The fraction of sp³-hybridized carbons (Fsp3) is 0.143. The minimum atomic E-state index is 0.881. The number of rotatable bonds is 3. The van der Waals surface area contributed by atoms with Crippen molar-refractivity contribution < 1.29 is 0 Å². The van der Waals surface area contributed by atoms with Gasteiger partial charge in [0.05, 0.1) is 0 Å². The molecule has 76 valence electrons. The average Bonchev–Trinajstić information content (AvgIpc) is 2.29. The average molecular weight is 214 g/mol. The smallest absolute Gasteiger partial charge is 0.00601 e. The molecule has 0 saturated heterocycles. The molecule has 0 spiro atoms. The van der Waals surface area contributed by atoms with Gasteiger partial charge in [-0.15, -0.1) is 0 Å². The molecule has 2 aromatic carbocycles. The van der Waals surface area contributed by atoms with Gasteiger partial charge in [0.15, 0.2) is 0 Å². The van der Waals surface area contributed by atoms with Crippen LogP contribution in [-0.4, -0.2) is 0 Å². The fourth-order valence-electron chi connectivity index (χ4n) is 1.56. The summed E-state index contributed by atoms with van der Waals surface area (Å²) in [6.45, 7) is 2.19. The molecule has 0 aliphatic heterocycles. The molecule has 0 nitrogen and oxygen atoms in total. The van der Waals surface area contributed by atoms with Gasteiger partial charge >= 0.3 is 0 Å². The fourth-order valence-corrected chi connectivity index (χ4v) is 2.77. The van der Waals surface area contributed by atoms with E-state index in [1.807, 2.05) is 0 Å². The van der Waals surface area contributed by atoms with Crippen molar-refractivity contribution in [2.75, 3.05) is 0 Å². The van der Waals surface area contributed by atoms with Crippen LogP contribution in [0.4, 0.5) is 0 Å². The van der Waals surface area contributed by atoms with E-state index in [-0.39, 0.29) is 0 Å². The number of hydrogen-bond acceptors (Lipinski definition) is 0. The summed E-state index contributed by atoms with van der Waals surface area (Å²) in [7, 11) is 0.881. The van der Waals surface area contributed by atoms with Gasteiger partial charge in [-0.2, -0.15) is 0 Å². The molecule has 1 heteroatoms. The summed E-state index contributed by atoms with van der Waals surface area (Å²) in [4.78, 5) is 0. The van der Waals surface area contributed by atoms with Gasteiger partial charge in [-0.25, -0.2) is 0 Å². The first-order valence-corrected chi connectivity index (χ1v) is 6.40. The summed E-state index contributed by atoms with van der Waals surface area (Å²) in [6.07, 6.45) is 1.16. The summed E-state index contributed by atoms with van der Waals surface area (Å²) >= 11 is 0. The summed E-state index contributed by atoms with van der Waals surface area (Å²) < 4.78 is 0. The standard InChI is InChI=1S/C14H15P/c1-12-7-5-6-10-14(12)15-11-13-8-3-2-4-9-13/h2-10,15H,11H2,1H3. The quantitative estimate of drug-likeness (QED) is 0.686. The van der Waals surface area contributed by atoms with Crippen LogP contribution < -0.4 is 5.30 Å². The van der Waals surface area contributed by atoms with E-state index in [4.69, 9.17) is 0 Å². The van der Waals surface area contributed by atoms with E-state index < -0.39 is 0 Å². The first kappa shape index (κ1) is 10.4. The molecular weight excluding hydrogens is 199 g/mol. The van der Waals surface area contributed by atoms with E-state index in [2.05, 4.69) is 61.5 Å². The van der Waals surface area contributed by atoms with Crippen LogP contribution in [0.5, 0.6) is 0 Å². The van der Waals surface area contributed by atoms with E-state index in [9.17, 15) is 0 Å². The maximum Gasteiger partial charge on any atom is -0.00601 e. The molecule has 0 amide bonds. The van der Waals surface area contributed by atoms with Gasteiger partial charge in [0.25, 0.3) is 0 Å². The Morgan fingerprint density at radius 2 is 1.53 bits per heavy atom. The molecule has 2 aromatic rings. The van der Waals surface area contributed by atoms with Crippen LogP contribution >= 0.6 is 8.58 Å². The second kappa shape index (κ2) is 5.09. The molecule has 0 saturated carbocycles. The minimum Gasteiger partial charge on any atom is -0.0856 e. The third kappa shape index (κ3) is 2.91. The summed E-state index contributed by atoms with van der Waals surface area (Å²) in [5, 5.41) is 1.49. The second-order valence-corrected chi connectivity index (χ2v) is 4.90. The Labute approximate surface area is 93.1 Å². The lowest BCUT2D eigenvalue weighted by Gasteiger charge is -2.05. The van der Waals surface area contributed by atoms with Crippen LogP contribution in [0.15, 0.2) is 54.6 Å². The van der Waals surface area contributed by atoms with Gasteiger partial charge in [0.1, 0.15) is 0 Å². The zero-order valence-electron chi connectivity index (χ0n) is 8.90. The zero-order valence-corrected chi connectivity index (χ0v) is 9.90. The molecule has 0 heterocycles. The molecule has 1 unspecified atom stereocenters. The molecule has 0 bridgehead atoms. The second-order valence-electron chi connectivity index (χ2n) is 3.65. The molecular formula is C14H15P. The highest BCUT2D eigenvalue weighted by Crippen LogP contribution is 2.19. The van der Waals surface area contributed by atoms with Crippen LogP contribution in [0.25, 0.3) is 0 Å². The Bertz CT molecular complexity index is 420. The van der Waals surface area contributed by atoms with Crippen LogP contribution in [0.1, 0.15) is 11.1 Å². The molecule has 0 fully saturated rings. The molecule has 1 atom stereocenters. The Morgan fingerprint density at radius 3 is 2.27 bits per heavy atom. The maximum atomic E-state index is 2.23. The van der Waals surface area contributed by atoms with E-state index in [1.165, 1.54) is 16.4 Å². The van der Waals surface area contributed by atoms with Crippen molar-refractivity contribution in [3.05, 3.63) is 65.7 Å². The van der Waals surface area contributed by atoms with Gasteiger partial charge < -0.3 is 0 Å². The predicted molar refractivity (Wildman–Crippen MR) is 69.3 cm³/mol. The Balaban J connectivity index is 2.03. The zero-order chi connectivity index (χ0) is 10.5. The lowest BCUT2D eigenvalue weighted by atomic mass is 10.2. The van der Waals surface area contributed by atoms with Crippen molar-refractivity contribution in [3.63, 3.8) is 0 Å². The summed E-state index contributed by atoms with van der Waals surface area (Å²) in [5.41, 5.74) is 2.84. The Morgan fingerprint density at radius 1 is 0.867 bits per heavy atom. The van der Waals surface area contributed by atoms with Gasteiger partial charge in [-0.3, -0.25) is 0 Å². The van der Waals surface area contributed by atoms with Gasteiger partial charge in [-0.05, 0) is 29.5 Å². The first-order chi connectivity index (χ1) is 7.36. The normalized spacial score (nSPS) is 11.0. The van der Waals surface area contributed by atoms with E-state index in [0.717, 1.165) is 14.7 Å². The monoisotopic (exact) mass is 214 g/mol. The third-order valence-corrected chi connectivity index (χ3v) is 4.00. The maximum absolute atomic E-state index is 2.23. The van der Waals surface area contributed by atoms with Crippen LogP contribution in [0, 0.1) is 6.92 Å². The summed E-state index contributed by atoms with van der Waals surface area (Å²) in [6, 6.07) is 19.3. The van der Waals surface area contributed by atoms with E-state index in [0.29, 0.717) is 0 Å². The van der Waals surface area contributed by atoms with Crippen LogP contribution in [0.2, 0.25) is 0 Å². The number of hydrogen-bond donors (Lipinski definition) is 0. The lowest BCUT2D eigenvalue weighted by Crippen LogP contribution is -1.98. The molecule has 0 aliphatic rings. The van der Waals surface area contributed by atoms with Crippen molar-refractivity contribution in [1.29, 1.82) is 0 Å². The first-order valence-electron chi connectivity index (χ1n) is 5.20. The van der Waals surface area contributed by atoms with Crippen molar-refractivity contribution in [1.82, 2.24) is 0 Å². The molecule has 0 N–H and O–H groups in total. The topological polar surface area (TPSA) is 0 Å². The van der Waals surface area contributed by atoms with Crippen molar-refractivity contribution in [2.45, 2.75) is 13.1 Å². The van der Waals surface area contributed by atoms with Gasteiger partial charge in [0.2, 0.25) is 0 Å². The van der Waals surface area contributed by atoms with Crippen LogP contribution in [0.3, 0.4) is 0 Å². The highest BCUT2D eigenvalue weighted by Gasteiger charge is 1.97. The van der Waals surface area contributed by atoms with Gasteiger partial charge in [0, 0.05) is 0 Å². The summed E-state index contributed by atoms with van der Waals surface area (Å²) in [5.74, 6) is 0. The van der Waals surface area contributed by atoms with Crippen molar-refractivity contribution in [3.8, 4) is 0 Å². The lowest BCUT2D eigenvalue weighted by molar-refractivity contribution is 1.41. The number of aryl methyl sites for hydroxylation is 1. The SMILES string of the molecule is Cc1ccccc1PCc1ccccc1. The largest absolute Gasteiger partial charge is 0.0856 e. The van der Waals surface area contributed by atoms with Crippen LogP contribution in [-0.2, 0) is 6.16 Å². The van der Waals surface area contributed by atoms with E-state index >= 15 is 0 Å². The molecule has 0 radical (unpaired) electrons. The Hall–Kier alpha value is -1.13. The molecule has 0 aromatic heterocycles. The van der Waals surface area contributed by atoms with Gasteiger partial charge in [-0.1, -0.05) is 63.2 Å². The predicted octanol–water partition coefficient (Wildman–Crippen LogP) is 3.50. The highest BCUT2D eigenvalue weighted by molar-refractivity contribution is 7.46. The number of benzene rings is 2. The minimum absolute atomic E-state index is 0.881. The molecule has 15 heavy (non-hydrogen) atoms. The molecule has 0 aliphatic carbocycles.